The summed E-state index contributed by atoms with van der Waals surface area (Å²) < 4.78 is 10.8. The topological polar surface area (TPSA) is 18.5 Å². The van der Waals surface area contributed by atoms with Gasteiger partial charge < -0.3 is 9.47 Å². The predicted molar refractivity (Wildman–Crippen MR) is 39.2 cm³/mol. The van der Waals surface area contributed by atoms with Gasteiger partial charge in [0, 0.05) is 12.8 Å². The third-order valence-electron chi connectivity index (χ3n) is 1.87. The minimum absolute atomic E-state index is 0.376. The average molecular weight is 142 g/mol. The van der Waals surface area contributed by atoms with Gasteiger partial charge in [0.2, 0.25) is 5.79 Å². The van der Waals surface area contributed by atoms with E-state index in [0.29, 0.717) is 5.92 Å². The Hall–Kier alpha value is -0.660. The van der Waals surface area contributed by atoms with Crippen LogP contribution in [-0.4, -0.2) is 5.79 Å². The third kappa shape index (κ3) is 1.11. The van der Waals surface area contributed by atoms with Crippen LogP contribution in [0.4, 0.5) is 0 Å². The summed E-state index contributed by atoms with van der Waals surface area (Å²) in [5.74, 6) is 0.807. The van der Waals surface area contributed by atoms with Crippen molar-refractivity contribution < 1.29 is 9.47 Å². The molecule has 0 saturated heterocycles. The van der Waals surface area contributed by atoms with Crippen LogP contribution >= 0.6 is 0 Å². The van der Waals surface area contributed by atoms with E-state index >= 15 is 0 Å². The molecule has 2 heteroatoms. The fourth-order valence-corrected chi connectivity index (χ4v) is 0.822. The predicted octanol–water partition coefficient (Wildman–Crippen LogP) is 2.27. The van der Waals surface area contributed by atoms with Crippen molar-refractivity contribution >= 4 is 0 Å². The fraction of sp³-hybridized carbons (Fsp3) is 0.750. The van der Waals surface area contributed by atoms with Gasteiger partial charge in [0.1, 0.15) is 12.0 Å². The molecule has 10 heavy (non-hydrogen) atoms. The fourth-order valence-electron chi connectivity index (χ4n) is 0.822. The molecule has 0 aliphatic carbocycles. The summed E-state index contributed by atoms with van der Waals surface area (Å²) in [5, 5.41) is 0. The van der Waals surface area contributed by atoms with Gasteiger partial charge in [0.05, 0.1) is 0 Å². The Labute approximate surface area is 61.8 Å². The van der Waals surface area contributed by atoms with Crippen molar-refractivity contribution in [3.8, 4) is 0 Å². The molecule has 0 fully saturated rings. The highest BCUT2D eigenvalue weighted by molar-refractivity contribution is 4.93. The molecule has 1 unspecified atom stereocenters. The molecule has 0 saturated carbocycles. The Balaban J connectivity index is 2.61. The van der Waals surface area contributed by atoms with Gasteiger partial charge in [-0.05, 0) is 6.92 Å². The van der Waals surface area contributed by atoms with Crippen LogP contribution in [0.5, 0.6) is 0 Å². The van der Waals surface area contributed by atoms with Gasteiger partial charge in [-0.15, -0.1) is 0 Å². The van der Waals surface area contributed by atoms with Crippen molar-refractivity contribution in [1.29, 1.82) is 0 Å². The molecule has 0 aromatic rings. The molecule has 0 aromatic heterocycles. The zero-order valence-corrected chi connectivity index (χ0v) is 6.97. The van der Waals surface area contributed by atoms with E-state index in [1.165, 1.54) is 0 Å². The average Bonchev–Trinajstić information content (AvgIpc) is 2.13. The molecule has 0 amide bonds. The first kappa shape index (κ1) is 7.45. The van der Waals surface area contributed by atoms with E-state index in [-0.39, 0.29) is 0 Å². The van der Waals surface area contributed by atoms with Crippen LogP contribution in [0.1, 0.15) is 27.7 Å². The number of rotatable bonds is 1. The summed E-state index contributed by atoms with van der Waals surface area (Å²) in [6.07, 6.45) is 1.67. The van der Waals surface area contributed by atoms with Crippen LogP contribution in [0.2, 0.25) is 0 Å². The second-order valence-corrected chi connectivity index (χ2v) is 3.12. The van der Waals surface area contributed by atoms with Gasteiger partial charge >= 0.3 is 0 Å². The third-order valence-corrected chi connectivity index (χ3v) is 1.87. The standard InChI is InChI=1S/C8H14O2/c1-6(2)8(4)9-5-7(3)10-8/h5-6H,1-4H3. The molecule has 1 rings (SSSR count). The summed E-state index contributed by atoms with van der Waals surface area (Å²) in [4.78, 5) is 0. The second kappa shape index (κ2) is 2.19. The van der Waals surface area contributed by atoms with Crippen LogP contribution in [0.15, 0.2) is 12.0 Å². The van der Waals surface area contributed by atoms with Gasteiger partial charge in [-0.2, -0.15) is 0 Å². The number of hydrogen-bond acceptors (Lipinski definition) is 2. The van der Waals surface area contributed by atoms with Gasteiger partial charge in [-0.3, -0.25) is 0 Å². The quantitative estimate of drug-likeness (QED) is 0.559. The molecular weight excluding hydrogens is 128 g/mol. The maximum atomic E-state index is 5.45. The van der Waals surface area contributed by atoms with Crippen molar-refractivity contribution in [3.63, 3.8) is 0 Å². The zero-order valence-electron chi connectivity index (χ0n) is 6.97. The highest BCUT2D eigenvalue weighted by atomic mass is 16.7. The maximum absolute atomic E-state index is 5.45. The molecule has 1 aliphatic rings. The van der Waals surface area contributed by atoms with Gasteiger partial charge in [-0.1, -0.05) is 13.8 Å². The Morgan fingerprint density at radius 1 is 1.50 bits per heavy atom. The lowest BCUT2D eigenvalue weighted by atomic mass is 10.1. The second-order valence-electron chi connectivity index (χ2n) is 3.12. The van der Waals surface area contributed by atoms with Crippen molar-refractivity contribution in [2.75, 3.05) is 0 Å². The summed E-state index contributed by atoms with van der Waals surface area (Å²) in [7, 11) is 0. The van der Waals surface area contributed by atoms with Crippen LogP contribution in [0.25, 0.3) is 0 Å². The lowest BCUT2D eigenvalue weighted by Gasteiger charge is -2.27. The zero-order chi connectivity index (χ0) is 7.78. The minimum atomic E-state index is -0.427. The van der Waals surface area contributed by atoms with Gasteiger partial charge in [-0.25, -0.2) is 0 Å². The van der Waals surface area contributed by atoms with E-state index < -0.39 is 5.79 Å². The van der Waals surface area contributed by atoms with Gasteiger partial charge in [0.15, 0.2) is 0 Å². The molecule has 1 aliphatic heterocycles. The summed E-state index contributed by atoms with van der Waals surface area (Å²) in [6, 6.07) is 0. The molecular formula is C8H14O2. The molecule has 0 bridgehead atoms. The van der Waals surface area contributed by atoms with Crippen LogP contribution in [0, 0.1) is 5.92 Å². The molecule has 0 radical (unpaired) electrons. The van der Waals surface area contributed by atoms with E-state index in [1.807, 2.05) is 13.8 Å². The minimum Gasteiger partial charge on any atom is -0.457 e. The lowest BCUT2D eigenvalue weighted by molar-refractivity contribution is -0.163. The molecule has 0 N–H and O–H groups in total. The van der Waals surface area contributed by atoms with E-state index in [2.05, 4.69) is 13.8 Å². The van der Waals surface area contributed by atoms with Crippen LogP contribution in [0.3, 0.4) is 0 Å². The molecule has 0 aromatic carbocycles. The first-order valence-corrected chi connectivity index (χ1v) is 3.58. The number of ether oxygens (including phenoxy) is 2. The highest BCUT2D eigenvalue weighted by Gasteiger charge is 2.35. The SMILES string of the molecule is CC1=COC(C)(C(C)C)O1. The first-order chi connectivity index (χ1) is 4.54. The van der Waals surface area contributed by atoms with E-state index in [0.717, 1.165) is 5.76 Å². The Bertz CT molecular complexity index is 161. The Morgan fingerprint density at radius 2 is 2.10 bits per heavy atom. The van der Waals surface area contributed by atoms with E-state index in [1.54, 1.807) is 6.26 Å². The Morgan fingerprint density at radius 3 is 2.30 bits per heavy atom. The van der Waals surface area contributed by atoms with E-state index in [4.69, 9.17) is 9.47 Å². The number of allylic oxidation sites excluding steroid dienone is 1. The van der Waals surface area contributed by atoms with Crippen molar-refractivity contribution in [3.05, 3.63) is 12.0 Å². The normalized spacial score (nSPS) is 31.5. The highest BCUT2D eigenvalue weighted by Crippen LogP contribution is 2.31. The molecule has 58 valence electrons. The maximum Gasteiger partial charge on any atom is 0.249 e. The molecule has 1 heterocycles. The molecule has 2 nitrogen and oxygen atoms in total. The van der Waals surface area contributed by atoms with Crippen LogP contribution in [-0.2, 0) is 9.47 Å². The van der Waals surface area contributed by atoms with E-state index in [9.17, 15) is 0 Å². The largest absolute Gasteiger partial charge is 0.457 e. The Kier molecular flexibility index (Phi) is 1.63. The smallest absolute Gasteiger partial charge is 0.249 e. The summed E-state index contributed by atoms with van der Waals surface area (Å²) in [6.45, 7) is 8.00. The van der Waals surface area contributed by atoms with Crippen molar-refractivity contribution in [2.45, 2.75) is 33.5 Å². The molecule has 0 spiro atoms. The van der Waals surface area contributed by atoms with Crippen molar-refractivity contribution in [1.82, 2.24) is 0 Å². The molecule has 1 atom stereocenters. The van der Waals surface area contributed by atoms with Crippen molar-refractivity contribution in [2.24, 2.45) is 5.92 Å². The number of hydrogen-bond donors (Lipinski definition) is 0. The first-order valence-electron chi connectivity index (χ1n) is 3.58. The monoisotopic (exact) mass is 142 g/mol. The van der Waals surface area contributed by atoms with Gasteiger partial charge in [0.25, 0.3) is 0 Å². The lowest BCUT2D eigenvalue weighted by Crippen LogP contribution is -2.32. The van der Waals surface area contributed by atoms with Crippen LogP contribution < -0.4 is 0 Å². The summed E-state index contributed by atoms with van der Waals surface area (Å²) >= 11 is 0. The summed E-state index contributed by atoms with van der Waals surface area (Å²) in [5.41, 5.74) is 0.